The Balaban J connectivity index is 2.03. The largest absolute Gasteiger partial charge is 0.465 e. The summed E-state index contributed by atoms with van der Waals surface area (Å²) < 4.78 is 10.4. The molecule has 1 amide bonds. The van der Waals surface area contributed by atoms with Crippen molar-refractivity contribution in [1.29, 1.82) is 0 Å². The third-order valence-corrected chi connectivity index (χ3v) is 3.45. The first-order valence-electron chi connectivity index (χ1n) is 7.65. The second kappa shape index (κ2) is 6.86. The second-order valence-electron chi connectivity index (χ2n) is 6.57. The lowest BCUT2D eigenvalue weighted by Crippen LogP contribution is -2.15. The highest BCUT2D eigenvalue weighted by atomic mass is 16.5. The molecule has 2 rings (SSSR count). The van der Waals surface area contributed by atoms with Crippen molar-refractivity contribution < 1.29 is 18.7 Å². The van der Waals surface area contributed by atoms with Gasteiger partial charge in [0.2, 0.25) is 5.91 Å². The Morgan fingerprint density at radius 1 is 1.21 bits per heavy atom. The van der Waals surface area contributed by atoms with Crippen LogP contribution in [0.3, 0.4) is 0 Å². The lowest BCUT2D eigenvalue weighted by atomic mass is 9.97. The summed E-state index contributed by atoms with van der Waals surface area (Å²) in [6.07, 6.45) is 0.105. The van der Waals surface area contributed by atoms with Gasteiger partial charge in [-0.05, 0) is 31.2 Å². The minimum Gasteiger partial charge on any atom is -0.465 e. The van der Waals surface area contributed by atoms with E-state index in [0.717, 1.165) is 5.69 Å². The van der Waals surface area contributed by atoms with Crippen molar-refractivity contribution in [2.45, 2.75) is 39.5 Å². The van der Waals surface area contributed by atoms with E-state index in [2.05, 4.69) is 15.0 Å². The molecule has 0 aliphatic rings. The van der Waals surface area contributed by atoms with Gasteiger partial charge in [0, 0.05) is 11.1 Å². The number of nitrogens with zero attached hydrogens (tertiary/aromatic N) is 1. The van der Waals surface area contributed by atoms with E-state index in [4.69, 9.17) is 4.42 Å². The van der Waals surface area contributed by atoms with Gasteiger partial charge in [-0.3, -0.25) is 4.79 Å². The molecule has 0 aliphatic carbocycles. The molecule has 0 saturated carbocycles. The number of aromatic nitrogens is 1. The average Bonchev–Trinajstić information content (AvgIpc) is 2.88. The summed E-state index contributed by atoms with van der Waals surface area (Å²) in [5.74, 6) is 0.550. The van der Waals surface area contributed by atoms with Gasteiger partial charge in [0.05, 0.1) is 24.8 Å². The fourth-order valence-corrected chi connectivity index (χ4v) is 2.07. The molecule has 6 heteroatoms. The lowest BCUT2D eigenvalue weighted by Gasteiger charge is -2.12. The maximum atomic E-state index is 12.2. The van der Waals surface area contributed by atoms with Crippen LogP contribution in [-0.4, -0.2) is 24.0 Å². The number of anilines is 1. The molecule has 24 heavy (non-hydrogen) atoms. The summed E-state index contributed by atoms with van der Waals surface area (Å²) >= 11 is 0. The van der Waals surface area contributed by atoms with Crippen LogP contribution in [0.1, 0.15) is 48.5 Å². The zero-order chi connectivity index (χ0) is 17.9. The van der Waals surface area contributed by atoms with Crippen molar-refractivity contribution in [3.8, 4) is 0 Å². The Morgan fingerprint density at radius 3 is 2.33 bits per heavy atom. The maximum Gasteiger partial charge on any atom is 0.337 e. The van der Waals surface area contributed by atoms with Crippen LogP contribution in [0.4, 0.5) is 5.69 Å². The molecule has 0 aliphatic heterocycles. The molecular weight excluding hydrogens is 308 g/mol. The molecule has 128 valence electrons. The fourth-order valence-electron chi connectivity index (χ4n) is 2.07. The molecule has 2 aromatic rings. The standard InChI is InChI=1S/C18H22N2O4/c1-11-14(24-17(19-11)18(2,3)4)10-15(21)20-13-8-6-12(7-9-13)16(22)23-5/h6-9H,10H2,1-5H3,(H,20,21). The number of oxazole rings is 1. The van der Waals surface area contributed by atoms with E-state index in [9.17, 15) is 9.59 Å². The van der Waals surface area contributed by atoms with Crippen LogP contribution in [0.25, 0.3) is 0 Å². The normalized spacial score (nSPS) is 11.2. The quantitative estimate of drug-likeness (QED) is 0.870. The zero-order valence-corrected chi connectivity index (χ0v) is 14.6. The number of carbonyl (C=O) groups excluding carboxylic acids is 2. The van der Waals surface area contributed by atoms with E-state index in [1.807, 2.05) is 27.7 Å². The number of benzene rings is 1. The summed E-state index contributed by atoms with van der Waals surface area (Å²) in [5, 5.41) is 2.77. The summed E-state index contributed by atoms with van der Waals surface area (Å²) in [6, 6.07) is 6.49. The SMILES string of the molecule is COC(=O)c1ccc(NC(=O)Cc2oc(C(C)(C)C)nc2C)cc1. The Labute approximate surface area is 141 Å². The third-order valence-electron chi connectivity index (χ3n) is 3.45. The number of hydrogen-bond donors (Lipinski definition) is 1. The highest BCUT2D eigenvalue weighted by Gasteiger charge is 2.23. The summed E-state index contributed by atoms with van der Waals surface area (Å²) in [7, 11) is 1.32. The van der Waals surface area contributed by atoms with Gasteiger partial charge in [-0.1, -0.05) is 20.8 Å². The first-order chi connectivity index (χ1) is 11.2. The predicted molar refractivity (Wildman–Crippen MR) is 90.1 cm³/mol. The van der Waals surface area contributed by atoms with Gasteiger partial charge in [0.15, 0.2) is 5.89 Å². The Hall–Kier alpha value is -2.63. The Morgan fingerprint density at radius 2 is 1.83 bits per heavy atom. The van der Waals surface area contributed by atoms with Gasteiger partial charge < -0.3 is 14.5 Å². The second-order valence-corrected chi connectivity index (χ2v) is 6.57. The van der Waals surface area contributed by atoms with Crippen molar-refractivity contribution >= 4 is 17.6 Å². The van der Waals surface area contributed by atoms with Crippen molar-refractivity contribution in [2.75, 3.05) is 12.4 Å². The van der Waals surface area contributed by atoms with Crippen LogP contribution in [0.5, 0.6) is 0 Å². The molecule has 1 N–H and O–H groups in total. The van der Waals surface area contributed by atoms with Gasteiger partial charge in [0.25, 0.3) is 0 Å². The highest BCUT2D eigenvalue weighted by molar-refractivity contribution is 5.93. The molecule has 0 spiro atoms. The van der Waals surface area contributed by atoms with Crippen molar-refractivity contribution in [3.63, 3.8) is 0 Å². The van der Waals surface area contributed by atoms with Gasteiger partial charge >= 0.3 is 5.97 Å². The molecule has 1 aromatic carbocycles. The van der Waals surface area contributed by atoms with Crippen LogP contribution in [0.2, 0.25) is 0 Å². The van der Waals surface area contributed by atoms with E-state index < -0.39 is 5.97 Å². The number of carbonyl (C=O) groups is 2. The van der Waals surface area contributed by atoms with E-state index in [1.54, 1.807) is 24.3 Å². The highest BCUT2D eigenvalue weighted by Crippen LogP contribution is 2.24. The number of nitrogens with one attached hydrogen (secondary N) is 1. The predicted octanol–water partition coefficient (Wildman–Crippen LogP) is 3.25. The molecule has 0 saturated heterocycles. The number of esters is 1. The van der Waals surface area contributed by atoms with Crippen LogP contribution in [0.15, 0.2) is 28.7 Å². The Kier molecular flexibility index (Phi) is 5.07. The maximum absolute atomic E-state index is 12.2. The van der Waals surface area contributed by atoms with Crippen molar-refractivity contribution in [1.82, 2.24) is 4.98 Å². The minimum absolute atomic E-state index is 0.105. The lowest BCUT2D eigenvalue weighted by molar-refractivity contribution is -0.115. The van der Waals surface area contributed by atoms with Crippen LogP contribution >= 0.6 is 0 Å². The number of ether oxygens (including phenoxy) is 1. The van der Waals surface area contributed by atoms with Gasteiger partial charge in [-0.2, -0.15) is 0 Å². The van der Waals surface area contributed by atoms with Gasteiger partial charge in [-0.25, -0.2) is 9.78 Å². The van der Waals surface area contributed by atoms with E-state index in [-0.39, 0.29) is 17.7 Å². The smallest absolute Gasteiger partial charge is 0.337 e. The number of aryl methyl sites for hydroxylation is 1. The third kappa shape index (κ3) is 4.22. The number of rotatable bonds is 4. The van der Waals surface area contributed by atoms with Gasteiger partial charge in [0.1, 0.15) is 5.76 Å². The van der Waals surface area contributed by atoms with Crippen LogP contribution in [-0.2, 0) is 21.4 Å². The van der Waals surface area contributed by atoms with E-state index >= 15 is 0 Å². The summed E-state index contributed by atoms with van der Waals surface area (Å²) in [4.78, 5) is 27.9. The van der Waals surface area contributed by atoms with E-state index in [1.165, 1.54) is 7.11 Å². The van der Waals surface area contributed by atoms with Crippen LogP contribution < -0.4 is 5.32 Å². The zero-order valence-electron chi connectivity index (χ0n) is 14.6. The summed E-state index contributed by atoms with van der Waals surface area (Å²) in [5.41, 5.74) is 1.54. The topological polar surface area (TPSA) is 81.4 Å². The molecule has 0 radical (unpaired) electrons. The minimum atomic E-state index is -0.417. The number of hydrogen-bond acceptors (Lipinski definition) is 5. The molecule has 1 heterocycles. The first-order valence-corrected chi connectivity index (χ1v) is 7.65. The van der Waals surface area contributed by atoms with Crippen molar-refractivity contribution in [2.24, 2.45) is 0 Å². The molecule has 0 unspecified atom stereocenters. The molecular formula is C18H22N2O4. The molecule has 0 atom stereocenters. The van der Waals surface area contributed by atoms with E-state index in [0.29, 0.717) is 22.9 Å². The molecule has 0 bridgehead atoms. The average molecular weight is 330 g/mol. The fraction of sp³-hybridized carbons (Fsp3) is 0.389. The Bertz CT molecular complexity index is 739. The molecule has 6 nitrogen and oxygen atoms in total. The number of methoxy groups -OCH3 is 1. The number of amides is 1. The summed E-state index contributed by atoms with van der Waals surface area (Å²) in [6.45, 7) is 7.84. The monoisotopic (exact) mass is 330 g/mol. The van der Waals surface area contributed by atoms with Crippen molar-refractivity contribution in [3.05, 3.63) is 47.2 Å². The molecule has 0 fully saturated rings. The van der Waals surface area contributed by atoms with Crippen LogP contribution in [0, 0.1) is 6.92 Å². The first kappa shape index (κ1) is 17.7. The van der Waals surface area contributed by atoms with Gasteiger partial charge in [-0.15, -0.1) is 0 Å². The molecule has 1 aromatic heterocycles.